The highest BCUT2D eigenvalue weighted by atomic mass is 35.5. The molecule has 3 rings (SSSR count). The van der Waals surface area contributed by atoms with Crippen LogP contribution in [-0.4, -0.2) is 25.1 Å². The molecule has 124 valence electrons. The summed E-state index contributed by atoms with van der Waals surface area (Å²) in [6.07, 6.45) is -0.816. The molecule has 0 bridgehead atoms. The number of aromatic nitrogens is 5. The zero-order valence-electron chi connectivity index (χ0n) is 11.6. The molecule has 0 saturated carbocycles. The Bertz CT molecular complexity index is 938. The van der Waals surface area contributed by atoms with Crippen LogP contribution in [0.15, 0.2) is 34.0 Å². The van der Waals surface area contributed by atoms with Gasteiger partial charge in [0.2, 0.25) is 5.82 Å². The van der Waals surface area contributed by atoms with Crippen LogP contribution < -0.4 is 5.56 Å². The van der Waals surface area contributed by atoms with Crippen molar-refractivity contribution in [1.82, 2.24) is 25.1 Å². The van der Waals surface area contributed by atoms with Crippen molar-refractivity contribution in [3.8, 4) is 11.4 Å². The Hall–Kier alpha value is -2.75. The molecule has 0 amide bonds. The van der Waals surface area contributed by atoms with E-state index in [0.29, 0.717) is 5.69 Å². The minimum Gasteiger partial charge on any atom is -0.329 e. The Morgan fingerprint density at radius 2 is 2.04 bits per heavy atom. The first-order valence-electron chi connectivity index (χ1n) is 6.43. The first-order valence-corrected chi connectivity index (χ1v) is 6.80. The van der Waals surface area contributed by atoms with Crippen LogP contribution >= 0.6 is 11.6 Å². The number of nitrogens with zero attached hydrogens (tertiary/aromatic N) is 4. The summed E-state index contributed by atoms with van der Waals surface area (Å²) >= 11 is 5.74. The van der Waals surface area contributed by atoms with E-state index in [9.17, 15) is 18.0 Å². The second-order valence-electron chi connectivity index (χ2n) is 4.63. The summed E-state index contributed by atoms with van der Waals surface area (Å²) in [5, 5.41) is 3.42. The normalized spacial score (nSPS) is 11.7. The Morgan fingerprint density at radius 1 is 1.25 bits per heavy atom. The van der Waals surface area contributed by atoms with Crippen molar-refractivity contribution >= 4 is 11.6 Å². The zero-order valence-corrected chi connectivity index (χ0v) is 12.4. The van der Waals surface area contributed by atoms with E-state index in [1.165, 1.54) is 24.7 Å². The summed E-state index contributed by atoms with van der Waals surface area (Å²) in [5.74, 6) is -1.84. The SMILES string of the molecule is O=c1[nH]ccc(-c2noc(C(F)(F)F)n2)c1Cc1cncc(Cl)n1. The molecule has 1 N–H and O–H groups in total. The van der Waals surface area contributed by atoms with Crippen LogP contribution in [0.5, 0.6) is 0 Å². The number of H-pyrrole nitrogens is 1. The molecule has 0 radical (unpaired) electrons. The first kappa shape index (κ1) is 16.1. The molecule has 0 unspecified atom stereocenters. The smallest absolute Gasteiger partial charge is 0.329 e. The van der Waals surface area contributed by atoms with Gasteiger partial charge in [0, 0.05) is 29.9 Å². The second kappa shape index (κ2) is 6.04. The maximum Gasteiger partial charge on any atom is 0.471 e. The molecule has 3 heterocycles. The molecular formula is C13H7ClF3N5O2. The highest BCUT2D eigenvalue weighted by Gasteiger charge is 2.38. The van der Waals surface area contributed by atoms with Gasteiger partial charge in [0.1, 0.15) is 5.15 Å². The predicted octanol–water partition coefficient (Wildman–Crippen LogP) is 2.48. The summed E-state index contributed by atoms with van der Waals surface area (Å²) in [4.78, 5) is 25.6. The van der Waals surface area contributed by atoms with Gasteiger partial charge in [-0.2, -0.15) is 18.2 Å². The van der Waals surface area contributed by atoms with Crippen LogP contribution in [0, 0.1) is 0 Å². The maximum absolute atomic E-state index is 12.6. The Kier molecular flexibility index (Phi) is 4.06. The third-order valence-corrected chi connectivity index (χ3v) is 3.17. The number of nitrogens with one attached hydrogen (secondary N) is 1. The van der Waals surface area contributed by atoms with Gasteiger partial charge in [0.15, 0.2) is 0 Å². The lowest BCUT2D eigenvalue weighted by atomic mass is 10.1. The maximum atomic E-state index is 12.6. The zero-order chi connectivity index (χ0) is 17.3. The molecule has 3 aromatic rings. The van der Waals surface area contributed by atoms with Crippen molar-refractivity contribution in [2.24, 2.45) is 0 Å². The van der Waals surface area contributed by atoms with E-state index in [4.69, 9.17) is 11.6 Å². The molecule has 0 aliphatic rings. The second-order valence-corrected chi connectivity index (χ2v) is 5.02. The Balaban J connectivity index is 2.05. The molecule has 0 spiro atoms. The van der Waals surface area contributed by atoms with Gasteiger partial charge in [-0.25, -0.2) is 4.98 Å². The van der Waals surface area contributed by atoms with E-state index in [2.05, 4.69) is 29.6 Å². The van der Waals surface area contributed by atoms with Crippen LogP contribution in [-0.2, 0) is 12.6 Å². The molecule has 0 aliphatic heterocycles. The number of hydrogen-bond donors (Lipinski definition) is 1. The fourth-order valence-electron chi connectivity index (χ4n) is 1.99. The summed E-state index contributed by atoms with van der Waals surface area (Å²) in [5.41, 5.74) is 0.0518. The quantitative estimate of drug-likeness (QED) is 0.773. The molecular weight excluding hydrogens is 351 g/mol. The third kappa shape index (κ3) is 3.27. The molecule has 0 atom stereocenters. The number of hydrogen-bond acceptors (Lipinski definition) is 6. The monoisotopic (exact) mass is 357 g/mol. The number of alkyl halides is 3. The summed E-state index contributed by atoms with van der Waals surface area (Å²) in [6.45, 7) is 0. The third-order valence-electron chi connectivity index (χ3n) is 2.99. The molecule has 0 saturated heterocycles. The highest BCUT2D eigenvalue weighted by Crippen LogP contribution is 2.30. The van der Waals surface area contributed by atoms with Crippen LogP contribution in [0.2, 0.25) is 5.15 Å². The van der Waals surface area contributed by atoms with Crippen molar-refractivity contribution < 1.29 is 17.7 Å². The van der Waals surface area contributed by atoms with E-state index in [0.717, 1.165) is 0 Å². The average Bonchev–Trinajstić information content (AvgIpc) is 2.99. The van der Waals surface area contributed by atoms with Crippen molar-refractivity contribution in [2.45, 2.75) is 12.6 Å². The molecule has 7 nitrogen and oxygen atoms in total. The number of pyridine rings is 1. The fraction of sp³-hybridized carbons (Fsp3) is 0.154. The van der Waals surface area contributed by atoms with Crippen LogP contribution in [0.4, 0.5) is 13.2 Å². The van der Waals surface area contributed by atoms with E-state index >= 15 is 0 Å². The lowest BCUT2D eigenvalue weighted by Crippen LogP contribution is -2.15. The van der Waals surface area contributed by atoms with Gasteiger partial charge in [-0.1, -0.05) is 16.8 Å². The Labute approximate surface area is 136 Å². The number of aromatic amines is 1. The topological polar surface area (TPSA) is 97.6 Å². The van der Waals surface area contributed by atoms with E-state index in [1.54, 1.807) is 0 Å². The molecule has 0 fully saturated rings. The van der Waals surface area contributed by atoms with E-state index < -0.39 is 17.6 Å². The number of rotatable bonds is 3. The fourth-order valence-corrected chi connectivity index (χ4v) is 2.15. The van der Waals surface area contributed by atoms with Crippen molar-refractivity contribution in [1.29, 1.82) is 0 Å². The van der Waals surface area contributed by atoms with Crippen molar-refractivity contribution in [3.05, 3.63) is 57.3 Å². The largest absolute Gasteiger partial charge is 0.471 e. The summed E-state index contributed by atoms with van der Waals surface area (Å²) in [6, 6.07) is 1.37. The van der Waals surface area contributed by atoms with Crippen molar-refractivity contribution in [3.63, 3.8) is 0 Å². The van der Waals surface area contributed by atoms with Gasteiger partial charge in [-0.05, 0) is 6.07 Å². The molecule has 11 heteroatoms. The van der Waals surface area contributed by atoms with Gasteiger partial charge in [0.25, 0.3) is 5.56 Å². The molecule has 24 heavy (non-hydrogen) atoms. The van der Waals surface area contributed by atoms with Gasteiger partial charge in [-0.3, -0.25) is 9.78 Å². The number of halogens is 4. The van der Waals surface area contributed by atoms with Gasteiger partial charge < -0.3 is 9.51 Å². The minimum absolute atomic E-state index is 0.0189. The standard InChI is InChI=1S/C13H7ClF3N5O2/c14-9-5-18-4-6(20-9)3-8-7(1-2-19-11(8)23)10-21-12(24-22-10)13(15,16)17/h1-2,4-5H,3H2,(H,19,23). The van der Waals surface area contributed by atoms with Crippen LogP contribution in [0.1, 0.15) is 17.1 Å². The lowest BCUT2D eigenvalue weighted by molar-refractivity contribution is -0.159. The lowest BCUT2D eigenvalue weighted by Gasteiger charge is -2.05. The van der Waals surface area contributed by atoms with Crippen LogP contribution in [0.3, 0.4) is 0 Å². The average molecular weight is 358 g/mol. The van der Waals surface area contributed by atoms with Crippen molar-refractivity contribution in [2.75, 3.05) is 0 Å². The minimum atomic E-state index is -4.77. The van der Waals surface area contributed by atoms with Gasteiger partial charge in [0.05, 0.1) is 11.9 Å². The van der Waals surface area contributed by atoms with E-state index in [-0.39, 0.29) is 28.5 Å². The first-order chi connectivity index (χ1) is 11.3. The molecule has 0 aromatic carbocycles. The van der Waals surface area contributed by atoms with Gasteiger partial charge >= 0.3 is 12.1 Å². The van der Waals surface area contributed by atoms with Crippen LogP contribution in [0.25, 0.3) is 11.4 Å². The van der Waals surface area contributed by atoms with E-state index in [1.807, 2.05) is 0 Å². The summed E-state index contributed by atoms with van der Waals surface area (Å²) < 4.78 is 42.0. The summed E-state index contributed by atoms with van der Waals surface area (Å²) in [7, 11) is 0. The predicted molar refractivity (Wildman–Crippen MR) is 75.2 cm³/mol. The highest BCUT2D eigenvalue weighted by molar-refractivity contribution is 6.29. The molecule has 0 aliphatic carbocycles. The molecule has 3 aromatic heterocycles. The van der Waals surface area contributed by atoms with Gasteiger partial charge in [-0.15, -0.1) is 0 Å². The Morgan fingerprint density at radius 3 is 2.71 bits per heavy atom.